The van der Waals surface area contributed by atoms with Gasteiger partial charge in [0.15, 0.2) is 0 Å². The first-order valence-electron chi connectivity index (χ1n) is 5.95. The Morgan fingerprint density at radius 1 is 1.42 bits per heavy atom. The fourth-order valence-corrected chi connectivity index (χ4v) is 1.53. The third-order valence-corrected chi connectivity index (χ3v) is 2.23. The van der Waals surface area contributed by atoms with Crippen molar-refractivity contribution in [2.75, 3.05) is 25.6 Å². The molecule has 0 saturated carbocycles. The van der Waals surface area contributed by atoms with Crippen molar-refractivity contribution in [3.8, 4) is 0 Å². The molecule has 1 aromatic rings. The molecule has 19 heavy (non-hydrogen) atoms. The Hall–Kier alpha value is -1.33. The SMILES string of the molecule is COCCNc1cc(C(=O)OC(C)(C)C)cc(Cl)n1. The Balaban J connectivity index is 2.81. The van der Waals surface area contributed by atoms with Crippen LogP contribution in [0.5, 0.6) is 0 Å². The predicted molar refractivity (Wildman–Crippen MR) is 74.8 cm³/mol. The van der Waals surface area contributed by atoms with E-state index >= 15 is 0 Å². The molecule has 1 N–H and O–H groups in total. The summed E-state index contributed by atoms with van der Waals surface area (Å²) in [6.07, 6.45) is 0. The van der Waals surface area contributed by atoms with Gasteiger partial charge in [-0.1, -0.05) is 11.6 Å². The third kappa shape index (κ3) is 5.89. The Morgan fingerprint density at radius 2 is 2.11 bits per heavy atom. The van der Waals surface area contributed by atoms with Crippen LogP contribution in [0.3, 0.4) is 0 Å². The summed E-state index contributed by atoms with van der Waals surface area (Å²) in [7, 11) is 1.61. The molecule has 106 valence electrons. The summed E-state index contributed by atoms with van der Waals surface area (Å²) >= 11 is 5.89. The summed E-state index contributed by atoms with van der Waals surface area (Å²) in [5.41, 5.74) is -0.175. The lowest BCUT2D eigenvalue weighted by atomic mass is 10.2. The first-order valence-corrected chi connectivity index (χ1v) is 6.33. The molecule has 1 aromatic heterocycles. The van der Waals surface area contributed by atoms with E-state index in [0.29, 0.717) is 24.5 Å². The topological polar surface area (TPSA) is 60.5 Å². The number of nitrogens with zero attached hydrogens (tertiary/aromatic N) is 1. The molecular formula is C13H19ClN2O3. The van der Waals surface area contributed by atoms with Gasteiger partial charge in [-0.15, -0.1) is 0 Å². The van der Waals surface area contributed by atoms with Crippen LogP contribution in [-0.4, -0.2) is 36.8 Å². The van der Waals surface area contributed by atoms with E-state index in [-0.39, 0.29) is 5.15 Å². The van der Waals surface area contributed by atoms with E-state index in [2.05, 4.69) is 10.3 Å². The number of anilines is 1. The Labute approximate surface area is 118 Å². The first-order chi connectivity index (χ1) is 8.81. The van der Waals surface area contributed by atoms with Gasteiger partial charge in [0.1, 0.15) is 16.6 Å². The summed E-state index contributed by atoms with van der Waals surface area (Å²) in [5.74, 6) is 0.0944. The number of halogens is 1. The smallest absolute Gasteiger partial charge is 0.338 e. The van der Waals surface area contributed by atoms with Crippen LogP contribution in [0.15, 0.2) is 12.1 Å². The summed E-state index contributed by atoms with van der Waals surface area (Å²) in [6.45, 7) is 6.55. The Kier molecular flexibility index (Phi) is 5.57. The van der Waals surface area contributed by atoms with Crippen molar-refractivity contribution >= 4 is 23.4 Å². The van der Waals surface area contributed by atoms with Crippen molar-refractivity contribution in [3.63, 3.8) is 0 Å². The second kappa shape index (κ2) is 6.73. The number of aromatic nitrogens is 1. The predicted octanol–water partition coefficient (Wildman–Crippen LogP) is 2.75. The van der Waals surface area contributed by atoms with E-state index in [0.717, 1.165) is 0 Å². The number of methoxy groups -OCH3 is 1. The van der Waals surface area contributed by atoms with E-state index in [9.17, 15) is 4.79 Å². The number of carbonyl (C=O) groups excluding carboxylic acids is 1. The summed E-state index contributed by atoms with van der Waals surface area (Å²) in [4.78, 5) is 16.0. The summed E-state index contributed by atoms with van der Waals surface area (Å²) < 4.78 is 10.2. The second-order valence-corrected chi connectivity index (χ2v) is 5.37. The molecule has 0 spiro atoms. The molecular weight excluding hydrogens is 268 g/mol. The Bertz CT molecular complexity index is 444. The van der Waals surface area contributed by atoms with Crippen LogP contribution in [-0.2, 0) is 9.47 Å². The molecule has 6 heteroatoms. The minimum absolute atomic E-state index is 0.239. The lowest BCUT2D eigenvalue weighted by Crippen LogP contribution is -2.24. The zero-order valence-electron chi connectivity index (χ0n) is 11.6. The quantitative estimate of drug-likeness (QED) is 0.512. The molecule has 0 aliphatic rings. The minimum atomic E-state index is -0.545. The first kappa shape index (κ1) is 15.7. The van der Waals surface area contributed by atoms with Crippen LogP contribution in [0.1, 0.15) is 31.1 Å². The lowest BCUT2D eigenvalue weighted by molar-refractivity contribution is 0.00694. The van der Waals surface area contributed by atoms with E-state index in [1.54, 1.807) is 13.2 Å². The van der Waals surface area contributed by atoms with Gasteiger partial charge >= 0.3 is 5.97 Å². The van der Waals surface area contributed by atoms with Gasteiger partial charge in [-0.05, 0) is 32.9 Å². The number of esters is 1. The van der Waals surface area contributed by atoms with Crippen LogP contribution in [0.25, 0.3) is 0 Å². The van der Waals surface area contributed by atoms with Crippen LogP contribution in [0, 0.1) is 0 Å². The van der Waals surface area contributed by atoms with Gasteiger partial charge in [-0.2, -0.15) is 0 Å². The average Bonchev–Trinajstić information content (AvgIpc) is 2.26. The molecule has 0 amide bonds. The van der Waals surface area contributed by atoms with Gasteiger partial charge in [0.2, 0.25) is 0 Å². The number of hydrogen-bond acceptors (Lipinski definition) is 5. The maximum Gasteiger partial charge on any atom is 0.338 e. The molecule has 1 rings (SSSR count). The lowest BCUT2D eigenvalue weighted by Gasteiger charge is -2.19. The molecule has 0 aromatic carbocycles. The molecule has 5 nitrogen and oxygen atoms in total. The van der Waals surface area contributed by atoms with Gasteiger partial charge in [-0.25, -0.2) is 9.78 Å². The van der Waals surface area contributed by atoms with Crippen molar-refractivity contribution in [2.24, 2.45) is 0 Å². The minimum Gasteiger partial charge on any atom is -0.456 e. The largest absolute Gasteiger partial charge is 0.456 e. The van der Waals surface area contributed by atoms with E-state index in [4.69, 9.17) is 21.1 Å². The highest BCUT2D eigenvalue weighted by atomic mass is 35.5. The van der Waals surface area contributed by atoms with Crippen molar-refractivity contribution in [1.29, 1.82) is 0 Å². The normalized spacial score (nSPS) is 11.2. The van der Waals surface area contributed by atoms with Crippen LogP contribution < -0.4 is 5.32 Å². The fraction of sp³-hybridized carbons (Fsp3) is 0.538. The number of pyridine rings is 1. The van der Waals surface area contributed by atoms with Crippen LogP contribution >= 0.6 is 11.6 Å². The highest BCUT2D eigenvalue weighted by molar-refractivity contribution is 6.29. The van der Waals surface area contributed by atoms with Crippen molar-refractivity contribution in [2.45, 2.75) is 26.4 Å². The molecule has 0 bridgehead atoms. The van der Waals surface area contributed by atoms with Crippen LogP contribution in [0.2, 0.25) is 5.15 Å². The maximum atomic E-state index is 11.9. The summed E-state index contributed by atoms with van der Waals surface area (Å²) in [5, 5.41) is 3.26. The van der Waals surface area contributed by atoms with Gasteiger partial charge in [0, 0.05) is 13.7 Å². The third-order valence-electron chi connectivity index (χ3n) is 2.04. The molecule has 0 unspecified atom stereocenters. The highest BCUT2D eigenvalue weighted by Crippen LogP contribution is 2.18. The maximum absolute atomic E-state index is 11.9. The van der Waals surface area contributed by atoms with Gasteiger partial charge in [0.25, 0.3) is 0 Å². The van der Waals surface area contributed by atoms with Crippen LogP contribution in [0.4, 0.5) is 5.82 Å². The molecule has 0 fully saturated rings. The zero-order valence-corrected chi connectivity index (χ0v) is 12.4. The standard InChI is InChI=1S/C13H19ClN2O3/c1-13(2,3)19-12(17)9-7-10(14)16-11(8-9)15-5-6-18-4/h7-8H,5-6H2,1-4H3,(H,15,16). The molecule has 0 aliphatic heterocycles. The van der Waals surface area contributed by atoms with Gasteiger partial charge < -0.3 is 14.8 Å². The van der Waals surface area contributed by atoms with Gasteiger partial charge in [-0.3, -0.25) is 0 Å². The van der Waals surface area contributed by atoms with Gasteiger partial charge in [0.05, 0.1) is 12.2 Å². The van der Waals surface area contributed by atoms with E-state index < -0.39 is 11.6 Å². The molecule has 0 radical (unpaired) electrons. The summed E-state index contributed by atoms with van der Waals surface area (Å²) in [6, 6.07) is 3.09. The number of hydrogen-bond donors (Lipinski definition) is 1. The number of carbonyl (C=O) groups is 1. The molecule has 1 heterocycles. The second-order valence-electron chi connectivity index (χ2n) is 4.99. The van der Waals surface area contributed by atoms with Crippen molar-refractivity contribution < 1.29 is 14.3 Å². The number of rotatable bonds is 5. The monoisotopic (exact) mass is 286 g/mol. The fourth-order valence-electron chi connectivity index (χ4n) is 1.32. The highest BCUT2D eigenvalue weighted by Gasteiger charge is 2.19. The molecule has 0 saturated heterocycles. The molecule has 0 aliphatic carbocycles. The average molecular weight is 287 g/mol. The number of nitrogens with one attached hydrogen (secondary N) is 1. The van der Waals surface area contributed by atoms with Crippen molar-refractivity contribution in [3.05, 3.63) is 22.8 Å². The Morgan fingerprint density at radius 3 is 2.68 bits per heavy atom. The van der Waals surface area contributed by atoms with E-state index in [1.165, 1.54) is 6.07 Å². The zero-order chi connectivity index (χ0) is 14.5. The molecule has 0 atom stereocenters. The van der Waals surface area contributed by atoms with E-state index in [1.807, 2.05) is 20.8 Å². The number of ether oxygens (including phenoxy) is 2. The van der Waals surface area contributed by atoms with Crippen molar-refractivity contribution in [1.82, 2.24) is 4.98 Å².